The van der Waals surface area contributed by atoms with Gasteiger partial charge in [0.1, 0.15) is 11.5 Å². The molecule has 0 bridgehead atoms. The van der Waals surface area contributed by atoms with Crippen molar-refractivity contribution in [1.82, 2.24) is 0 Å². The molecule has 22 heavy (non-hydrogen) atoms. The normalized spacial score (nSPS) is 13.6. The van der Waals surface area contributed by atoms with Gasteiger partial charge in [0.15, 0.2) is 0 Å². The van der Waals surface area contributed by atoms with E-state index >= 15 is 0 Å². The largest absolute Gasteiger partial charge is 0.507 e. The van der Waals surface area contributed by atoms with Crippen LogP contribution in [0.1, 0.15) is 18.1 Å². The zero-order chi connectivity index (χ0) is 16.0. The van der Waals surface area contributed by atoms with Crippen LogP contribution in [0.25, 0.3) is 11.1 Å². The number of halogens is 1. The quantitative estimate of drug-likeness (QED) is 0.889. The smallest absolute Gasteiger partial charge is 0.231 e. The molecule has 0 saturated carbocycles. The molecule has 2 aromatic rings. The fraction of sp³-hybridized carbons (Fsp3) is 0.235. The third-order valence-corrected chi connectivity index (χ3v) is 4.26. The maximum atomic E-state index is 12.2. The fourth-order valence-corrected chi connectivity index (χ4v) is 3.30. The van der Waals surface area contributed by atoms with Gasteiger partial charge in [0, 0.05) is 17.3 Å². The molecule has 0 atom stereocenters. The molecule has 4 nitrogen and oxygen atoms in total. The lowest BCUT2D eigenvalue weighted by Gasteiger charge is -2.18. The Kier molecular flexibility index (Phi) is 3.49. The fourth-order valence-electron chi connectivity index (χ4n) is 3.10. The molecule has 114 valence electrons. The van der Waals surface area contributed by atoms with Crippen LogP contribution in [-0.4, -0.2) is 22.7 Å². The molecule has 0 radical (unpaired) electrons. The highest BCUT2D eigenvalue weighted by Gasteiger charge is 2.30. The Morgan fingerprint density at radius 2 is 1.82 bits per heavy atom. The van der Waals surface area contributed by atoms with E-state index in [0.29, 0.717) is 17.7 Å². The van der Waals surface area contributed by atoms with Gasteiger partial charge in [0.25, 0.3) is 0 Å². The summed E-state index contributed by atoms with van der Waals surface area (Å²) in [6, 6.07) is 6.59. The number of phenolic OH excluding ortho intramolecular Hbond substituents is 2. The number of amides is 1. The Hall–Kier alpha value is -2.20. The molecule has 0 aromatic heterocycles. The first-order chi connectivity index (χ1) is 10.4. The number of carbonyl (C=O) groups is 1. The van der Waals surface area contributed by atoms with Crippen molar-refractivity contribution in [3.05, 3.63) is 40.4 Å². The van der Waals surface area contributed by atoms with Crippen LogP contribution in [-0.2, 0) is 11.2 Å². The summed E-state index contributed by atoms with van der Waals surface area (Å²) < 4.78 is 0. The van der Waals surface area contributed by atoms with Crippen molar-refractivity contribution < 1.29 is 15.0 Å². The molecule has 2 aromatic carbocycles. The van der Waals surface area contributed by atoms with Gasteiger partial charge >= 0.3 is 0 Å². The molecular formula is C17H16ClNO3. The summed E-state index contributed by atoms with van der Waals surface area (Å²) in [5.41, 5.74) is 3.58. The summed E-state index contributed by atoms with van der Waals surface area (Å²) in [6.07, 6.45) is 0.266. The lowest BCUT2D eigenvalue weighted by molar-refractivity contribution is -0.117. The highest BCUT2D eigenvalue weighted by Crippen LogP contribution is 2.46. The number of aromatic hydroxyl groups is 2. The number of fused-ring (bicyclic) bond motifs is 1. The molecule has 1 aliphatic rings. The Labute approximate surface area is 133 Å². The van der Waals surface area contributed by atoms with Crippen molar-refractivity contribution in [3.63, 3.8) is 0 Å². The second-order valence-electron chi connectivity index (χ2n) is 5.39. The number of rotatable bonds is 2. The zero-order valence-electron chi connectivity index (χ0n) is 12.4. The number of hydrogen-bond donors (Lipinski definition) is 2. The number of nitrogens with zero attached hydrogens (tertiary/aromatic N) is 1. The van der Waals surface area contributed by atoms with Gasteiger partial charge in [-0.05, 0) is 48.7 Å². The average Bonchev–Trinajstić information content (AvgIpc) is 2.75. The van der Waals surface area contributed by atoms with Gasteiger partial charge < -0.3 is 15.1 Å². The minimum Gasteiger partial charge on any atom is -0.507 e. The third kappa shape index (κ3) is 2.11. The maximum absolute atomic E-state index is 12.2. The second-order valence-corrected chi connectivity index (χ2v) is 5.83. The number of hydrogen-bond acceptors (Lipinski definition) is 3. The number of aryl methyl sites for hydroxylation is 1. The molecular weight excluding hydrogens is 302 g/mol. The number of anilines is 1. The van der Waals surface area contributed by atoms with E-state index in [0.717, 1.165) is 16.8 Å². The molecule has 1 heterocycles. The molecule has 2 N–H and O–H groups in total. The third-order valence-electron chi connectivity index (χ3n) is 4.04. The first kappa shape index (κ1) is 14.7. The molecule has 0 saturated heterocycles. The SMILES string of the molecule is CCN1C(=O)Cc2c1ccc(C)c2-c1c(O)cc(Cl)cc1O. The van der Waals surface area contributed by atoms with E-state index in [4.69, 9.17) is 11.6 Å². The lowest BCUT2D eigenvalue weighted by atomic mass is 9.92. The predicted molar refractivity (Wildman–Crippen MR) is 86.7 cm³/mol. The highest BCUT2D eigenvalue weighted by atomic mass is 35.5. The average molecular weight is 318 g/mol. The summed E-state index contributed by atoms with van der Waals surface area (Å²) >= 11 is 5.85. The molecule has 0 aliphatic carbocycles. The number of carbonyl (C=O) groups excluding carboxylic acids is 1. The Balaban J connectivity index is 2.31. The van der Waals surface area contributed by atoms with Gasteiger partial charge in [-0.25, -0.2) is 0 Å². The first-order valence-electron chi connectivity index (χ1n) is 7.08. The highest BCUT2D eigenvalue weighted by molar-refractivity contribution is 6.31. The van der Waals surface area contributed by atoms with E-state index in [9.17, 15) is 15.0 Å². The topological polar surface area (TPSA) is 60.8 Å². The minimum absolute atomic E-state index is 0.0253. The van der Waals surface area contributed by atoms with Crippen LogP contribution in [0.2, 0.25) is 5.02 Å². The lowest BCUT2D eigenvalue weighted by Crippen LogP contribution is -2.25. The summed E-state index contributed by atoms with van der Waals surface area (Å²) in [5, 5.41) is 20.7. The standard InChI is InChI=1S/C17H16ClNO3/c1-3-19-12-5-4-9(2)16(11(12)8-15(19)22)17-13(20)6-10(18)7-14(17)21/h4-7,20-21H,3,8H2,1-2H3. The molecule has 3 rings (SSSR count). The van der Waals surface area contributed by atoms with Crippen molar-refractivity contribution in [2.24, 2.45) is 0 Å². The van der Waals surface area contributed by atoms with Crippen LogP contribution in [0.15, 0.2) is 24.3 Å². The molecule has 0 unspecified atom stereocenters. The number of likely N-dealkylation sites (N-methyl/N-ethyl adjacent to an activating group) is 1. The zero-order valence-corrected chi connectivity index (χ0v) is 13.1. The van der Waals surface area contributed by atoms with Gasteiger partial charge in [-0.3, -0.25) is 4.79 Å². The van der Waals surface area contributed by atoms with Crippen LogP contribution in [0.5, 0.6) is 11.5 Å². The van der Waals surface area contributed by atoms with Gasteiger partial charge in [-0.15, -0.1) is 0 Å². The molecule has 0 spiro atoms. The van der Waals surface area contributed by atoms with Crippen molar-refractivity contribution >= 4 is 23.2 Å². The van der Waals surface area contributed by atoms with E-state index in [-0.39, 0.29) is 28.8 Å². The Bertz CT molecular complexity index is 763. The Morgan fingerprint density at radius 1 is 1.18 bits per heavy atom. The van der Waals surface area contributed by atoms with Gasteiger partial charge in [-0.2, -0.15) is 0 Å². The molecule has 1 amide bonds. The first-order valence-corrected chi connectivity index (χ1v) is 7.46. The predicted octanol–water partition coefficient (Wildman–Crippen LogP) is 3.64. The van der Waals surface area contributed by atoms with Crippen LogP contribution >= 0.6 is 11.6 Å². The van der Waals surface area contributed by atoms with E-state index < -0.39 is 0 Å². The Morgan fingerprint density at radius 3 is 2.41 bits per heavy atom. The van der Waals surface area contributed by atoms with Crippen molar-refractivity contribution in [2.45, 2.75) is 20.3 Å². The molecule has 5 heteroatoms. The van der Waals surface area contributed by atoms with E-state index in [1.54, 1.807) is 4.90 Å². The van der Waals surface area contributed by atoms with Crippen molar-refractivity contribution in [1.29, 1.82) is 0 Å². The van der Waals surface area contributed by atoms with Crippen LogP contribution in [0.4, 0.5) is 5.69 Å². The molecule has 1 aliphatic heterocycles. The van der Waals surface area contributed by atoms with Crippen molar-refractivity contribution in [2.75, 3.05) is 11.4 Å². The van der Waals surface area contributed by atoms with Crippen molar-refractivity contribution in [3.8, 4) is 22.6 Å². The molecule has 0 fully saturated rings. The monoisotopic (exact) mass is 317 g/mol. The van der Waals surface area contributed by atoms with Crippen LogP contribution in [0, 0.1) is 6.92 Å². The summed E-state index contributed by atoms with van der Waals surface area (Å²) in [7, 11) is 0. The van der Waals surface area contributed by atoms with Gasteiger partial charge in [-0.1, -0.05) is 17.7 Å². The van der Waals surface area contributed by atoms with E-state index in [1.807, 2.05) is 26.0 Å². The van der Waals surface area contributed by atoms with Crippen LogP contribution < -0.4 is 4.90 Å². The maximum Gasteiger partial charge on any atom is 0.231 e. The summed E-state index contributed by atoms with van der Waals surface area (Å²) in [6.45, 7) is 4.40. The second kappa shape index (κ2) is 5.21. The number of benzene rings is 2. The minimum atomic E-state index is -0.0936. The number of phenols is 2. The van der Waals surface area contributed by atoms with E-state index in [1.165, 1.54) is 12.1 Å². The van der Waals surface area contributed by atoms with Gasteiger partial charge in [0.2, 0.25) is 5.91 Å². The van der Waals surface area contributed by atoms with Crippen LogP contribution in [0.3, 0.4) is 0 Å². The van der Waals surface area contributed by atoms with E-state index in [2.05, 4.69) is 0 Å². The van der Waals surface area contributed by atoms with Gasteiger partial charge in [0.05, 0.1) is 12.0 Å². The summed E-state index contributed by atoms with van der Waals surface area (Å²) in [4.78, 5) is 13.9. The summed E-state index contributed by atoms with van der Waals surface area (Å²) in [5.74, 6) is -0.162.